The zero-order valence-corrected chi connectivity index (χ0v) is 9.84. The molecule has 2 rings (SSSR count). The van der Waals surface area contributed by atoms with Crippen LogP contribution in [0.15, 0.2) is 0 Å². The fourth-order valence-electron chi connectivity index (χ4n) is 1.64. The Morgan fingerprint density at radius 1 is 1.69 bits per heavy atom. The second kappa shape index (κ2) is 4.34. The third kappa shape index (κ3) is 2.30. The number of nitrogens with two attached hydrogens (primary N) is 1. The standard InChI is InChI=1S/C9H14N4O2S/c1-9(3-2-4-15-9)7(14)11-5-6-12-13-8(10)16-6/h2-5H2,1H3,(H2,10,13)(H,11,14)/t9-/m1/s1. The number of ether oxygens (including phenoxy) is 1. The van der Waals surface area contributed by atoms with Crippen LogP contribution >= 0.6 is 11.3 Å². The molecule has 7 heteroatoms. The van der Waals surface area contributed by atoms with Crippen molar-refractivity contribution < 1.29 is 9.53 Å². The van der Waals surface area contributed by atoms with Crippen molar-refractivity contribution in [1.29, 1.82) is 0 Å². The lowest BCUT2D eigenvalue weighted by Crippen LogP contribution is -2.43. The van der Waals surface area contributed by atoms with E-state index in [1.54, 1.807) is 0 Å². The molecule has 1 aliphatic heterocycles. The second-order valence-electron chi connectivity index (χ2n) is 3.90. The molecule has 2 heterocycles. The van der Waals surface area contributed by atoms with Crippen molar-refractivity contribution >= 4 is 22.4 Å². The highest BCUT2D eigenvalue weighted by atomic mass is 32.1. The van der Waals surface area contributed by atoms with Crippen molar-refractivity contribution in [2.75, 3.05) is 12.3 Å². The summed E-state index contributed by atoms with van der Waals surface area (Å²) in [6.45, 7) is 2.81. The normalized spacial score (nSPS) is 24.6. The number of anilines is 1. The first-order valence-corrected chi connectivity index (χ1v) is 5.92. The molecule has 0 bridgehead atoms. The fraction of sp³-hybridized carbons (Fsp3) is 0.667. The van der Waals surface area contributed by atoms with E-state index in [0.29, 0.717) is 23.3 Å². The molecule has 16 heavy (non-hydrogen) atoms. The summed E-state index contributed by atoms with van der Waals surface area (Å²) in [5.74, 6) is -0.0984. The van der Waals surface area contributed by atoms with E-state index in [9.17, 15) is 4.79 Å². The number of hydrogen-bond donors (Lipinski definition) is 2. The molecule has 0 radical (unpaired) electrons. The Labute approximate surface area is 97.2 Å². The van der Waals surface area contributed by atoms with Crippen LogP contribution in [0.1, 0.15) is 24.8 Å². The van der Waals surface area contributed by atoms with E-state index >= 15 is 0 Å². The summed E-state index contributed by atoms with van der Waals surface area (Å²) in [7, 11) is 0. The van der Waals surface area contributed by atoms with Gasteiger partial charge in [-0.3, -0.25) is 4.79 Å². The van der Waals surface area contributed by atoms with E-state index in [2.05, 4.69) is 15.5 Å². The van der Waals surface area contributed by atoms with E-state index in [-0.39, 0.29) is 5.91 Å². The minimum Gasteiger partial charge on any atom is -0.374 e. The average Bonchev–Trinajstić information content (AvgIpc) is 2.85. The van der Waals surface area contributed by atoms with Crippen molar-refractivity contribution in [3.63, 3.8) is 0 Å². The van der Waals surface area contributed by atoms with Crippen LogP contribution in [0, 0.1) is 0 Å². The van der Waals surface area contributed by atoms with Gasteiger partial charge >= 0.3 is 0 Å². The highest BCUT2D eigenvalue weighted by Gasteiger charge is 2.37. The minimum absolute atomic E-state index is 0.0984. The fourth-order valence-corrected chi connectivity index (χ4v) is 2.19. The van der Waals surface area contributed by atoms with Gasteiger partial charge in [0.05, 0.1) is 6.54 Å². The molecule has 1 aliphatic rings. The lowest BCUT2D eigenvalue weighted by molar-refractivity contribution is -0.139. The molecule has 1 fully saturated rings. The quantitative estimate of drug-likeness (QED) is 0.796. The predicted molar refractivity (Wildman–Crippen MR) is 59.8 cm³/mol. The number of rotatable bonds is 3. The van der Waals surface area contributed by atoms with Gasteiger partial charge in [0.1, 0.15) is 10.6 Å². The molecule has 1 aromatic rings. The van der Waals surface area contributed by atoms with E-state index in [0.717, 1.165) is 12.8 Å². The van der Waals surface area contributed by atoms with Crippen molar-refractivity contribution in [1.82, 2.24) is 15.5 Å². The largest absolute Gasteiger partial charge is 0.374 e. The van der Waals surface area contributed by atoms with Crippen LogP contribution in [0.25, 0.3) is 0 Å². The van der Waals surface area contributed by atoms with Gasteiger partial charge in [-0.1, -0.05) is 11.3 Å². The molecule has 1 aromatic heterocycles. The Morgan fingerprint density at radius 2 is 2.50 bits per heavy atom. The molecule has 3 N–H and O–H groups in total. The van der Waals surface area contributed by atoms with Crippen LogP contribution in [0.4, 0.5) is 5.13 Å². The Kier molecular flexibility index (Phi) is 3.06. The zero-order valence-electron chi connectivity index (χ0n) is 9.02. The van der Waals surface area contributed by atoms with E-state index in [4.69, 9.17) is 10.5 Å². The molecule has 0 spiro atoms. The highest BCUT2D eigenvalue weighted by Crippen LogP contribution is 2.25. The Hall–Kier alpha value is -1.21. The van der Waals surface area contributed by atoms with Gasteiger partial charge in [0.15, 0.2) is 0 Å². The molecule has 0 aromatic carbocycles. The summed E-state index contributed by atoms with van der Waals surface area (Å²) in [5, 5.41) is 11.4. The smallest absolute Gasteiger partial charge is 0.252 e. The molecular weight excluding hydrogens is 228 g/mol. The molecule has 0 saturated carbocycles. The highest BCUT2D eigenvalue weighted by molar-refractivity contribution is 7.15. The third-order valence-electron chi connectivity index (χ3n) is 2.58. The summed E-state index contributed by atoms with van der Waals surface area (Å²) in [4.78, 5) is 11.8. The molecule has 88 valence electrons. The van der Waals surface area contributed by atoms with E-state index < -0.39 is 5.60 Å². The summed E-state index contributed by atoms with van der Waals surface area (Å²) in [6, 6.07) is 0. The van der Waals surface area contributed by atoms with Crippen molar-refractivity contribution in [2.24, 2.45) is 0 Å². The number of carbonyl (C=O) groups is 1. The summed E-state index contributed by atoms with van der Waals surface area (Å²) in [5.41, 5.74) is 4.76. The molecular formula is C9H14N4O2S. The zero-order chi connectivity index (χ0) is 11.6. The summed E-state index contributed by atoms with van der Waals surface area (Å²) in [6.07, 6.45) is 1.69. The van der Waals surface area contributed by atoms with Gasteiger partial charge in [-0.15, -0.1) is 10.2 Å². The monoisotopic (exact) mass is 242 g/mol. The van der Waals surface area contributed by atoms with Crippen LogP contribution in [0.3, 0.4) is 0 Å². The van der Waals surface area contributed by atoms with Crippen LogP contribution in [-0.4, -0.2) is 28.3 Å². The lowest BCUT2D eigenvalue weighted by Gasteiger charge is -2.21. The van der Waals surface area contributed by atoms with E-state index in [1.807, 2.05) is 6.92 Å². The SMILES string of the molecule is C[C@]1(C(=O)NCc2nnc(N)s2)CCCO1. The van der Waals surface area contributed by atoms with Gasteiger partial charge in [0, 0.05) is 6.61 Å². The summed E-state index contributed by atoms with van der Waals surface area (Å²) < 4.78 is 5.43. The van der Waals surface area contributed by atoms with E-state index in [1.165, 1.54) is 11.3 Å². The second-order valence-corrected chi connectivity index (χ2v) is 4.99. The predicted octanol–water partition coefficient (Wildman–Crippen LogP) is 0.306. The summed E-state index contributed by atoms with van der Waals surface area (Å²) >= 11 is 1.27. The van der Waals surface area contributed by atoms with Crippen molar-refractivity contribution in [3.05, 3.63) is 5.01 Å². The van der Waals surface area contributed by atoms with Gasteiger partial charge in [0.25, 0.3) is 5.91 Å². The van der Waals surface area contributed by atoms with Gasteiger partial charge in [0.2, 0.25) is 5.13 Å². The lowest BCUT2D eigenvalue weighted by atomic mass is 10.0. The molecule has 0 unspecified atom stereocenters. The number of nitrogens with one attached hydrogen (secondary N) is 1. The topological polar surface area (TPSA) is 90.1 Å². The number of hydrogen-bond acceptors (Lipinski definition) is 6. The van der Waals surface area contributed by atoms with Crippen molar-refractivity contribution in [3.8, 4) is 0 Å². The van der Waals surface area contributed by atoms with Crippen LogP contribution in [-0.2, 0) is 16.1 Å². The third-order valence-corrected chi connectivity index (χ3v) is 3.33. The Morgan fingerprint density at radius 3 is 3.06 bits per heavy atom. The first kappa shape index (κ1) is 11.3. The maximum Gasteiger partial charge on any atom is 0.252 e. The first-order chi connectivity index (χ1) is 7.60. The number of amides is 1. The molecule has 0 aliphatic carbocycles. The molecule has 1 amide bonds. The first-order valence-electron chi connectivity index (χ1n) is 5.10. The Balaban J connectivity index is 1.88. The molecule has 1 saturated heterocycles. The van der Waals surface area contributed by atoms with Gasteiger partial charge < -0.3 is 15.8 Å². The maximum absolute atomic E-state index is 11.8. The van der Waals surface area contributed by atoms with Crippen LogP contribution in [0.5, 0.6) is 0 Å². The van der Waals surface area contributed by atoms with Crippen LogP contribution in [0.2, 0.25) is 0 Å². The van der Waals surface area contributed by atoms with Crippen molar-refractivity contribution in [2.45, 2.75) is 31.9 Å². The Bertz CT molecular complexity index is 387. The molecule has 1 atom stereocenters. The number of nitrogen functional groups attached to an aromatic ring is 1. The van der Waals surface area contributed by atoms with Gasteiger partial charge in [-0.2, -0.15) is 0 Å². The van der Waals surface area contributed by atoms with Gasteiger partial charge in [-0.05, 0) is 19.8 Å². The van der Waals surface area contributed by atoms with Gasteiger partial charge in [-0.25, -0.2) is 0 Å². The number of carbonyl (C=O) groups excluding carboxylic acids is 1. The number of nitrogens with zero attached hydrogens (tertiary/aromatic N) is 2. The maximum atomic E-state index is 11.8. The number of aromatic nitrogens is 2. The molecule has 6 nitrogen and oxygen atoms in total. The average molecular weight is 242 g/mol. The van der Waals surface area contributed by atoms with Crippen LogP contribution < -0.4 is 11.1 Å². The minimum atomic E-state index is -0.684.